The summed E-state index contributed by atoms with van der Waals surface area (Å²) in [5.74, 6) is -1.45. The van der Waals surface area contributed by atoms with Gasteiger partial charge in [-0.25, -0.2) is 4.79 Å². The molecule has 0 spiro atoms. The first-order valence-corrected chi connectivity index (χ1v) is 8.38. The van der Waals surface area contributed by atoms with Crippen molar-refractivity contribution in [1.29, 1.82) is 0 Å². The van der Waals surface area contributed by atoms with Gasteiger partial charge < -0.3 is 10.4 Å². The number of amides is 1. The van der Waals surface area contributed by atoms with Crippen LogP contribution in [0.5, 0.6) is 0 Å². The molecule has 0 unspecified atom stereocenters. The van der Waals surface area contributed by atoms with Crippen LogP contribution >= 0.6 is 11.8 Å². The topological polar surface area (TPSA) is 83.5 Å². The Morgan fingerprint density at radius 2 is 1.81 bits per heavy atom. The van der Waals surface area contributed by atoms with E-state index in [-0.39, 0.29) is 16.3 Å². The van der Waals surface area contributed by atoms with Crippen LogP contribution in [-0.4, -0.2) is 33.9 Å². The zero-order valence-corrected chi connectivity index (χ0v) is 14.2. The zero-order valence-electron chi connectivity index (χ0n) is 13.4. The van der Waals surface area contributed by atoms with Gasteiger partial charge in [0.1, 0.15) is 6.04 Å². The van der Waals surface area contributed by atoms with Crippen molar-refractivity contribution in [3.8, 4) is 0 Å². The van der Waals surface area contributed by atoms with Gasteiger partial charge in [-0.3, -0.25) is 9.59 Å². The Hall–Kier alpha value is -1.04. The summed E-state index contributed by atoms with van der Waals surface area (Å²) >= 11 is 0.986. The van der Waals surface area contributed by atoms with Crippen molar-refractivity contribution in [2.75, 3.05) is 5.75 Å². The predicted octanol–water partition coefficient (Wildman–Crippen LogP) is 2.83. The van der Waals surface area contributed by atoms with Gasteiger partial charge in [-0.1, -0.05) is 45.4 Å². The van der Waals surface area contributed by atoms with Gasteiger partial charge in [-0.05, 0) is 18.3 Å². The molecule has 122 valence electrons. The summed E-state index contributed by atoms with van der Waals surface area (Å²) in [4.78, 5) is 33.6. The van der Waals surface area contributed by atoms with Gasteiger partial charge >= 0.3 is 5.97 Å². The maximum absolute atomic E-state index is 11.8. The summed E-state index contributed by atoms with van der Waals surface area (Å²) in [7, 11) is 0. The molecule has 2 N–H and O–H groups in total. The standard InChI is InChI=1S/C15H27NO4S/c1-5-15(4,6-2)9-7-8-13(18)21-10-12(14(19)20)16-11(3)17/h12H,5-10H2,1-4H3,(H,16,17)(H,19,20)/t12-/m0/s1. The van der Waals surface area contributed by atoms with E-state index in [0.717, 1.165) is 37.4 Å². The molecule has 0 saturated heterocycles. The van der Waals surface area contributed by atoms with Crippen LogP contribution in [0, 0.1) is 5.41 Å². The van der Waals surface area contributed by atoms with Crippen molar-refractivity contribution in [2.45, 2.75) is 65.8 Å². The Labute approximate surface area is 131 Å². The lowest BCUT2D eigenvalue weighted by molar-refractivity contribution is -0.140. The molecule has 5 nitrogen and oxygen atoms in total. The number of thioether (sulfide) groups is 1. The summed E-state index contributed by atoms with van der Waals surface area (Å²) in [6.45, 7) is 7.80. The van der Waals surface area contributed by atoms with E-state index in [1.165, 1.54) is 6.92 Å². The normalized spacial score (nSPS) is 12.8. The molecule has 0 rings (SSSR count). The van der Waals surface area contributed by atoms with Crippen molar-refractivity contribution in [3.63, 3.8) is 0 Å². The fourth-order valence-electron chi connectivity index (χ4n) is 1.93. The zero-order chi connectivity index (χ0) is 16.5. The molecule has 0 aliphatic heterocycles. The second-order valence-electron chi connectivity index (χ2n) is 5.65. The first kappa shape index (κ1) is 20.0. The molecular weight excluding hydrogens is 290 g/mol. The van der Waals surface area contributed by atoms with E-state index in [2.05, 4.69) is 26.1 Å². The number of carboxylic acids is 1. The van der Waals surface area contributed by atoms with Crippen LogP contribution in [-0.2, 0) is 14.4 Å². The minimum Gasteiger partial charge on any atom is -0.480 e. The largest absolute Gasteiger partial charge is 0.480 e. The molecule has 0 bridgehead atoms. The summed E-state index contributed by atoms with van der Waals surface area (Å²) < 4.78 is 0. The SMILES string of the molecule is CCC(C)(CC)CCCC(=O)SC[C@H](NC(C)=O)C(=O)O. The molecule has 0 aromatic rings. The van der Waals surface area contributed by atoms with Gasteiger partial charge in [-0.2, -0.15) is 0 Å². The van der Waals surface area contributed by atoms with Crippen molar-refractivity contribution >= 4 is 28.8 Å². The van der Waals surface area contributed by atoms with Crippen LogP contribution in [0.25, 0.3) is 0 Å². The number of carbonyl (C=O) groups is 3. The Kier molecular flexibility index (Phi) is 9.33. The monoisotopic (exact) mass is 317 g/mol. The number of hydrogen-bond donors (Lipinski definition) is 2. The van der Waals surface area contributed by atoms with E-state index in [0.29, 0.717) is 6.42 Å². The van der Waals surface area contributed by atoms with Crippen molar-refractivity contribution in [2.24, 2.45) is 5.41 Å². The molecule has 21 heavy (non-hydrogen) atoms. The number of rotatable bonds is 10. The lowest BCUT2D eigenvalue weighted by Crippen LogP contribution is -2.41. The lowest BCUT2D eigenvalue weighted by atomic mass is 9.80. The first-order valence-electron chi connectivity index (χ1n) is 7.39. The highest BCUT2D eigenvalue weighted by molar-refractivity contribution is 8.13. The average molecular weight is 317 g/mol. The third-order valence-electron chi connectivity index (χ3n) is 3.95. The molecule has 1 atom stereocenters. The number of carbonyl (C=O) groups excluding carboxylic acids is 2. The summed E-state index contributed by atoms with van der Waals surface area (Å²) in [5.41, 5.74) is 0.282. The van der Waals surface area contributed by atoms with Gasteiger partial charge in [0.05, 0.1) is 0 Å². The highest BCUT2D eigenvalue weighted by Crippen LogP contribution is 2.31. The lowest BCUT2D eigenvalue weighted by Gasteiger charge is -2.26. The van der Waals surface area contributed by atoms with E-state index in [1.807, 2.05) is 0 Å². The molecular formula is C15H27NO4S. The van der Waals surface area contributed by atoms with Crippen molar-refractivity contribution in [3.05, 3.63) is 0 Å². The fraction of sp³-hybridized carbons (Fsp3) is 0.800. The highest BCUT2D eigenvalue weighted by atomic mass is 32.2. The summed E-state index contributed by atoms with van der Waals surface area (Å²) in [6, 6.07) is -1.01. The smallest absolute Gasteiger partial charge is 0.327 e. The number of carboxylic acid groups (broad SMARTS) is 1. The van der Waals surface area contributed by atoms with Crippen LogP contribution in [0.1, 0.15) is 59.8 Å². The molecule has 0 heterocycles. The molecule has 0 aromatic carbocycles. The van der Waals surface area contributed by atoms with Crippen LogP contribution < -0.4 is 5.32 Å². The Bertz CT molecular complexity index is 367. The van der Waals surface area contributed by atoms with Crippen LogP contribution in [0.4, 0.5) is 0 Å². The van der Waals surface area contributed by atoms with Gasteiger partial charge in [0, 0.05) is 19.1 Å². The van der Waals surface area contributed by atoms with Crippen LogP contribution in [0.2, 0.25) is 0 Å². The quantitative estimate of drug-likeness (QED) is 0.647. The van der Waals surface area contributed by atoms with E-state index in [1.54, 1.807) is 0 Å². The van der Waals surface area contributed by atoms with Gasteiger partial charge in [-0.15, -0.1) is 0 Å². The Morgan fingerprint density at radius 1 is 1.24 bits per heavy atom. The van der Waals surface area contributed by atoms with Gasteiger partial charge in [0.2, 0.25) is 5.91 Å². The third kappa shape index (κ3) is 8.75. The second-order valence-corrected chi connectivity index (χ2v) is 6.72. The molecule has 0 aromatic heterocycles. The Morgan fingerprint density at radius 3 is 2.24 bits per heavy atom. The summed E-state index contributed by atoms with van der Waals surface area (Å²) in [5, 5.41) is 11.3. The molecule has 0 aliphatic carbocycles. The molecule has 6 heteroatoms. The van der Waals surface area contributed by atoms with E-state index < -0.39 is 17.9 Å². The maximum Gasteiger partial charge on any atom is 0.327 e. The number of nitrogens with one attached hydrogen (secondary N) is 1. The van der Waals surface area contributed by atoms with Gasteiger partial charge in [0.15, 0.2) is 5.12 Å². The maximum atomic E-state index is 11.8. The predicted molar refractivity (Wildman–Crippen MR) is 85.2 cm³/mol. The van der Waals surface area contributed by atoms with Crippen molar-refractivity contribution < 1.29 is 19.5 Å². The molecule has 0 fully saturated rings. The Balaban J connectivity index is 4.09. The first-order chi connectivity index (χ1) is 9.74. The highest BCUT2D eigenvalue weighted by Gasteiger charge is 2.21. The molecule has 0 aliphatic rings. The molecule has 0 saturated carbocycles. The van der Waals surface area contributed by atoms with Crippen molar-refractivity contribution in [1.82, 2.24) is 5.32 Å². The average Bonchev–Trinajstić information content (AvgIpc) is 2.42. The van der Waals surface area contributed by atoms with E-state index in [4.69, 9.17) is 5.11 Å². The molecule has 0 radical (unpaired) electrons. The number of aliphatic carboxylic acids is 1. The van der Waals surface area contributed by atoms with Gasteiger partial charge in [0.25, 0.3) is 0 Å². The van der Waals surface area contributed by atoms with E-state index in [9.17, 15) is 14.4 Å². The van der Waals surface area contributed by atoms with Crippen LogP contribution in [0.3, 0.4) is 0 Å². The number of hydrogen-bond acceptors (Lipinski definition) is 4. The summed E-state index contributed by atoms with van der Waals surface area (Å²) in [6.07, 6.45) is 4.46. The fourth-order valence-corrected chi connectivity index (χ4v) is 2.80. The van der Waals surface area contributed by atoms with E-state index >= 15 is 0 Å². The minimum absolute atomic E-state index is 0.0128. The molecule has 1 amide bonds. The van der Waals surface area contributed by atoms with Crippen LogP contribution in [0.15, 0.2) is 0 Å². The second kappa shape index (κ2) is 9.82. The third-order valence-corrected chi connectivity index (χ3v) is 4.98. The minimum atomic E-state index is -1.12.